The van der Waals surface area contributed by atoms with Crippen LogP contribution in [0, 0.1) is 0 Å². The molecule has 0 saturated carbocycles. The maximum absolute atomic E-state index is 5.70. The van der Waals surface area contributed by atoms with Crippen LogP contribution in [-0.4, -0.2) is 7.11 Å². The van der Waals surface area contributed by atoms with Crippen molar-refractivity contribution in [2.45, 2.75) is 6.54 Å². The molecule has 1 N–H and O–H groups in total. The van der Waals surface area contributed by atoms with Crippen LogP contribution in [0.4, 0.5) is 5.69 Å². The third-order valence-corrected chi connectivity index (χ3v) is 2.94. The van der Waals surface area contributed by atoms with Gasteiger partial charge in [0, 0.05) is 4.47 Å². The van der Waals surface area contributed by atoms with Crippen LogP contribution in [0.5, 0.6) is 5.75 Å². The smallest absolute Gasteiger partial charge is 0.193 e. The molecule has 0 atom stereocenters. The van der Waals surface area contributed by atoms with Gasteiger partial charge in [0.15, 0.2) is 5.22 Å². The van der Waals surface area contributed by atoms with Crippen LogP contribution in [0.25, 0.3) is 0 Å². The molecular weight excluding hydrogens is 305 g/mol. The standard InChI is InChI=1S/C12H11BrClNO2/c1-16-11-4-2-8(13)6-10(11)15-7-9-3-5-12(14)17-9/h2-6,15H,7H2,1H3. The number of nitrogens with one attached hydrogen (secondary N) is 1. The maximum atomic E-state index is 5.70. The summed E-state index contributed by atoms with van der Waals surface area (Å²) in [7, 11) is 1.64. The van der Waals surface area contributed by atoms with Crippen molar-refractivity contribution in [1.82, 2.24) is 0 Å². The predicted molar refractivity (Wildman–Crippen MR) is 71.7 cm³/mol. The van der Waals surface area contributed by atoms with Crippen molar-refractivity contribution in [1.29, 1.82) is 0 Å². The molecule has 17 heavy (non-hydrogen) atoms. The van der Waals surface area contributed by atoms with Crippen molar-refractivity contribution in [3.05, 3.63) is 45.8 Å². The van der Waals surface area contributed by atoms with Gasteiger partial charge in [-0.3, -0.25) is 0 Å². The minimum atomic E-state index is 0.392. The summed E-state index contributed by atoms with van der Waals surface area (Å²) < 4.78 is 11.5. The van der Waals surface area contributed by atoms with Gasteiger partial charge in [-0.1, -0.05) is 15.9 Å². The van der Waals surface area contributed by atoms with Gasteiger partial charge in [-0.2, -0.15) is 0 Å². The third kappa shape index (κ3) is 3.17. The summed E-state index contributed by atoms with van der Waals surface area (Å²) >= 11 is 9.12. The van der Waals surface area contributed by atoms with Crippen molar-refractivity contribution >= 4 is 33.2 Å². The first-order valence-corrected chi connectivity index (χ1v) is 6.18. The normalized spacial score (nSPS) is 10.3. The Balaban J connectivity index is 2.10. The monoisotopic (exact) mass is 315 g/mol. The molecule has 2 rings (SSSR count). The number of ether oxygens (including phenoxy) is 1. The molecule has 0 radical (unpaired) electrons. The lowest BCUT2D eigenvalue weighted by Crippen LogP contribution is -2.00. The van der Waals surface area contributed by atoms with Gasteiger partial charge in [0.2, 0.25) is 0 Å². The molecule has 1 aromatic carbocycles. The molecular formula is C12H11BrClNO2. The van der Waals surface area contributed by atoms with E-state index in [4.69, 9.17) is 20.8 Å². The number of methoxy groups -OCH3 is 1. The fourth-order valence-electron chi connectivity index (χ4n) is 1.45. The van der Waals surface area contributed by atoms with Crippen LogP contribution in [0.15, 0.2) is 39.2 Å². The minimum Gasteiger partial charge on any atom is -0.495 e. The van der Waals surface area contributed by atoms with E-state index in [0.717, 1.165) is 21.7 Å². The number of hydrogen-bond acceptors (Lipinski definition) is 3. The van der Waals surface area contributed by atoms with Crippen molar-refractivity contribution < 1.29 is 9.15 Å². The lowest BCUT2D eigenvalue weighted by molar-refractivity contribution is 0.416. The predicted octanol–water partition coefficient (Wildman–Crippen LogP) is 4.32. The Morgan fingerprint density at radius 3 is 2.82 bits per heavy atom. The molecule has 2 aromatic rings. The van der Waals surface area contributed by atoms with Crippen molar-refractivity contribution in [3.63, 3.8) is 0 Å². The summed E-state index contributed by atoms with van der Waals surface area (Å²) in [5.74, 6) is 1.56. The minimum absolute atomic E-state index is 0.392. The van der Waals surface area contributed by atoms with E-state index in [1.807, 2.05) is 24.3 Å². The van der Waals surface area contributed by atoms with Crippen LogP contribution in [0.2, 0.25) is 5.22 Å². The first-order valence-electron chi connectivity index (χ1n) is 5.00. The average molecular weight is 317 g/mol. The lowest BCUT2D eigenvalue weighted by atomic mass is 10.3. The quantitative estimate of drug-likeness (QED) is 0.912. The van der Waals surface area contributed by atoms with E-state index in [1.165, 1.54) is 0 Å². The third-order valence-electron chi connectivity index (χ3n) is 2.24. The van der Waals surface area contributed by atoms with Gasteiger partial charge in [-0.25, -0.2) is 0 Å². The number of furan rings is 1. The van der Waals surface area contributed by atoms with Crippen molar-refractivity contribution in [2.75, 3.05) is 12.4 Å². The summed E-state index contributed by atoms with van der Waals surface area (Å²) in [6, 6.07) is 9.31. The highest BCUT2D eigenvalue weighted by molar-refractivity contribution is 9.10. The summed E-state index contributed by atoms with van der Waals surface area (Å²) in [6.45, 7) is 0.555. The Bertz CT molecular complexity index is 513. The Labute approximate surface area is 113 Å². The molecule has 1 heterocycles. The zero-order chi connectivity index (χ0) is 12.3. The molecule has 0 aliphatic carbocycles. The zero-order valence-electron chi connectivity index (χ0n) is 9.17. The van der Waals surface area contributed by atoms with Crippen LogP contribution in [-0.2, 0) is 6.54 Å². The second-order valence-corrected chi connectivity index (χ2v) is 4.69. The molecule has 5 heteroatoms. The summed E-state index contributed by atoms with van der Waals surface area (Å²) in [4.78, 5) is 0. The molecule has 0 aliphatic rings. The number of benzene rings is 1. The molecule has 0 unspecified atom stereocenters. The second-order valence-electron chi connectivity index (χ2n) is 3.40. The molecule has 0 bridgehead atoms. The highest BCUT2D eigenvalue weighted by Crippen LogP contribution is 2.28. The molecule has 90 valence electrons. The van der Waals surface area contributed by atoms with Crippen LogP contribution in [0.1, 0.15) is 5.76 Å². The van der Waals surface area contributed by atoms with Crippen LogP contribution < -0.4 is 10.1 Å². The second kappa shape index (κ2) is 5.47. The first kappa shape index (κ1) is 12.3. The molecule has 1 aromatic heterocycles. The number of halogens is 2. The highest BCUT2D eigenvalue weighted by Gasteiger charge is 2.05. The Kier molecular flexibility index (Phi) is 3.97. The van der Waals surface area contributed by atoms with Crippen LogP contribution in [0.3, 0.4) is 0 Å². The Hall–Kier alpha value is -1.13. The van der Waals surface area contributed by atoms with E-state index in [9.17, 15) is 0 Å². The molecule has 0 spiro atoms. The van der Waals surface area contributed by atoms with Crippen LogP contribution >= 0.6 is 27.5 Å². The van der Waals surface area contributed by atoms with E-state index in [2.05, 4.69) is 21.2 Å². The number of anilines is 1. The summed E-state index contributed by atoms with van der Waals surface area (Å²) in [6.07, 6.45) is 0. The highest BCUT2D eigenvalue weighted by atomic mass is 79.9. The fourth-order valence-corrected chi connectivity index (χ4v) is 1.97. The van der Waals surface area contributed by atoms with E-state index in [1.54, 1.807) is 13.2 Å². The van der Waals surface area contributed by atoms with Gasteiger partial charge >= 0.3 is 0 Å². The Morgan fingerprint density at radius 2 is 2.18 bits per heavy atom. The number of hydrogen-bond donors (Lipinski definition) is 1. The van der Waals surface area contributed by atoms with Gasteiger partial charge in [0.1, 0.15) is 11.5 Å². The van der Waals surface area contributed by atoms with E-state index in [-0.39, 0.29) is 0 Å². The largest absolute Gasteiger partial charge is 0.495 e. The van der Waals surface area contributed by atoms with Gasteiger partial charge in [0.25, 0.3) is 0 Å². The van der Waals surface area contributed by atoms with Gasteiger partial charge in [0.05, 0.1) is 19.3 Å². The van der Waals surface area contributed by atoms with Gasteiger partial charge < -0.3 is 14.5 Å². The summed E-state index contributed by atoms with van der Waals surface area (Å²) in [5.41, 5.74) is 0.898. The van der Waals surface area contributed by atoms with E-state index < -0.39 is 0 Å². The average Bonchev–Trinajstić information content (AvgIpc) is 2.73. The zero-order valence-corrected chi connectivity index (χ0v) is 11.5. The first-order chi connectivity index (χ1) is 8.19. The molecule has 0 saturated heterocycles. The topological polar surface area (TPSA) is 34.4 Å². The lowest BCUT2D eigenvalue weighted by Gasteiger charge is -2.10. The Morgan fingerprint density at radius 1 is 1.35 bits per heavy atom. The van der Waals surface area contributed by atoms with Crippen molar-refractivity contribution in [2.24, 2.45) is 0 Å². The molecule has 3 nitrogen and oxygen atoms in total. The fraction of sp³-hybridized carbons (Fsp3) is 0.167. The molecule has 0 fully saturated rings. The van der Waals surface area contributed by atoms with Crippen molar-refractivity contribution in [3.8, 4) is 5.75 Å². The summed E-state index contributed by atoms with van der Waals surface area (Å²) in [5, 5.41) is 3.62. The van der Waals surface area contributed by atoms with E-state index >= 15 is 0 Å². The maximum Gasteiger partial charge on any atom is 0.193 e. The molecule has 0 amide bonds. The number of rotatable bonds is 4. The SMILES string of the molecule is COc1ccc(Br)cc1NCc1ccc(Cl)o1. The van der Waals surface area contributed by atoms with Gasteiger partial charge in [-0.15, -0.1) is 0 Å². The van der Waals surface area contributed by atoms with E-state index in [0.29, 0.717) is 11.8 Å². The molecule has 0 aliphatic heterocycles. The van der Waals surface area contributed by atoms with Gasteiger partial charge in [-0.05, 0) is 41.9 Å².